The molecule has 3 rings (SSSR count). The molecule has 1 heterocycles. The van der Waals surface area contributed by atoms with E-state index >= 15 is 0 Å². The van der Waals surface area contributed by atoms with Crippen LogP contribution in [0.4, 0.5) is 0 Å². The maximum Gasteiger partial charge on any atom is 0.126 e. The van der Waals surface area contributed by atoms with Crippen LogP contribution in [0.3, 0.4) is 0 Å². The van der Waals surface area contributed by atoms with Gasteiger partial charge >= 0.3 is 0 Å². The van der Waals surface area contributed by atoms with Crippen molar-refractivity contribution in [3.05, 3.63) is 58.6 Å². The summed E-state index contributed by atoms with van der Waals surface area (Å²) in [6.45, 7) is 2.26. The molecule has 1 aliphatic heterocycles. The van der Waals surface area contributed by atoms with E-state index in [0.717, 1.165) is 49.4 Å². The van der Waals surface area contributed by atoms with Crippen LogP contribution in [-0.4, -0.2) is 30.9 Å². The van der Waals surface area contributed by atoms with Crippen molar-refractivity contribution in [3.63, 3.8) is 0 Å². The van der Waals surface area contributed by atoms with Crippen LogP contribution in [0.1, 0.15) is 24.0 Å². The number of aryl methyl sites for hydroxylation is 1. The SMILES string of the molecule is OCCCNCC1CCc2ccc(OCc3ccccc3Cl)cc2O1. The van der Waals surface area contributed by atoms with Crippen molar-refractivity contribution in [1.29, 1.82) is 0 Å². The highest BCUT2D eigenvalue weighted by Crippen LogP contribution is 2.31. The van der Waals surface area contributed by atoms with Crippen LogP contribution in [0.2, 0.25) is 5.02 Å². The molecule has 1 unspecified atom stereocenters. The van der Waals surface area contributed by atoms with Crippen LogP contribution in [0.5, 0.6) is 11.5 Å². The lowest BCUT2D eigenvalue weighted by Gasteiger charge is -2.26. The first-order valence-corrected chi connectivity index (χ1v) is 9.11. The normalized spacial score (nSPS) is 16.2. The lowest BCUT2D eigenvalue weighted by atomic mass is 10.0. The smallest absolute Gasteiger partial charge is 0.126 e. The minimum Gasteiger partial charge on any atom is -0.489 e. The van der Waals surface area contributed by atoms with Crippen LogP contribution in [0, 0.1) is 0 Å². The molecule has 0 amide bonds. The predicted molar refractivity (Wildman–Crippen MR) is 99.5 cm³/mol. The topological polar surface area (TPSA) is 50.7 Å². The van der Waals surface area contributed by atoms with Gasteiger partial charge in [0, 0.05) is 29.8 Å². The minimum atomic E-state index is 0.157. The molecule has 2 aromatic rings. The molecule has 4 nitrogen and oxygen atoms in total. The first kappa shape index (κ1) is 18.1. The lowest BCUT2D eigenvalue weighted by Crippen LogP contribution is -2.34. The van der Waals surface area contributed by atoms with Crippen molar-refractivity contribution in [2.45, 2.75) is 32.0 Å². The van der Waals surface area contributed by atoms with Gasteiger partial charge in [0.2, 0.25) is 0 Å². The van der Waals surface area contributed by atoms with E-state index in [0.29, 0.717) is 11.6 Å². The van der Waals surface area contributed by atoms with Crippen molar-refractivity contribution in [2.24, 2.45) is 0 Å². The fourth-order valence-corrected chi connectivity index (χ4v) is 3.07. The highest BCUT2D eigenvalue weighted by atomic mass is 35.5. The largest absolute Gasteiger partial charge is 0.489 e. The van der Waals surface area contributed by atoms with Crippen LogP contribution < -0.4 is 14.8 Å². The van der Waals surface area contributed by atoms with Gasteiger partial charge < -0.3 is 19.9 Å². The summed E-state index contributed by atoms with van der Waals surface area (Å²) in [5.74, 6) is 1.68. The zero-order valence-electron chi connectivity index (χ0n) is 14.2. The quantitative estimate of drug-likeness (QED) is 0.705. The number of aliphatic hydroxyl groups is 1. The van der Waals surface area contributed by atoms with Gasteiger partial charge in [-0.25, -0.2) is 0 Å². The summed E-state index contributed by atoms with van der Waals surface area (Å²) in [5, 5.41) is 12.9. The molecule has 2 aromatic carbocycles. The van der Waals surface area contributed by atoms with Crippen molar-refractivity contribution in [3.8, 4) is 11.5 Å². The third-order valence-corrected chi connectivity index (χ3v) is 4.67. The summed E-state index contributed by atoms with van der Waals surface area (Å²) < 4.78 is 12.0. The summed E-state index contributed by atoms with van der Waals surface area (Å²) in [5.41, 5.74) is 2.19. The molecule has 0 aliphatic carbocycles. The fourth-order valence-electron chi connectivity index (χ4n) is 2.88. The molecule has 0 aromatic heterocycles. The number of rotatable bonds is 8. The van der Waals surface area contributed by atoms with Gasteiger partial charge in [-0.3, -0.25) is 0 Å². The molecular weight excluding hydrogens is 338 g/mol. The molecule has 5 heteroatoms. The summed E-state index contributed by atoms with van der Waals surface area (Å²) in [6.07, 6.45) is 2.93. The second kappa shape index (κ2) is 9.09. The number of benzene rings is 2. The summed E-state index contributed by atoms with van der Waals surface area (Å²) >= 11 is 6.17. The monoisotopic (exact) mass is 361 g/mol. The summed E-state index contributed by atoms with van der Waals surface area (Å²) in [4.78, 5) is 0. The number of aliphatic hydroxyl groups excluding tert-OH is 1. The molecule has 0 saturated heterocycles. The van der Waals surface area contributed by atoms with E-state index in [-0.39, 0.29) is 12.7 Å². The fraction of sp³-hybridized carbons (Fsp3) is 0.400. The van der Waals surface area contributed by atoms with Gasteiger partial charge in [0.25, 0.3) is 0 Å². The Bertz CT molecular complexity index is 692. The van der Waals surface area contributed by atoms with Crippen molar-refractivity contribution < 1.29 is 14.6 Å². The van der Waals surface area contributed by atoms with Gasteiger partial charge in [0.1, 0.15) is 24.2 Å². The molecule has 0 fully saturated rings. The number of nitrogens with one attached hydrogen (secondary N) is 1. The Morgan fingerprint density at radius 2 is 2.12 bits per heavy atom. The standard InChI is InChI=1S/C20H24ClNO3/c21-19-5-2-1-4-16(19)14-24-17-8-6-15-7-9-18(25-20(15)12-17)13-22-10-3-11-23/h1-2,4-6,8,12,18,22-23H,3,7,9-11,13-14H2. The van der Waals surface area contributed by atoms with Crippen molar-refractivity contribution in [2.75, 3.05) is 19.7 Å². The molecule has 1 aliphatic rings. The van der Waals surface area contributed by atoms with Gasteiger partial charge in [-0.1, -0.05) is 35.9 Å². The Balaban J connectivity index is 1.57. The average Bonchev–Trinajstić information content (AvgIpc) is 2.64. The van der Waals surface area contributed by atoms with Gasteiger partial charge in [0.05, 0.1) is 0 Å². The Kier molecular flexibility index (Phi) is 6.56. The second-order valence-corrected chi connectivity index (χ2v) is 6.62. The lowest BCUT2D eigenvalue weighted by molar-refractivity contribution is 0.168. The maximum atomic E-state index is 8.82. The molecule has 134 valence electrons. The third kappa shape index (κ3) is 5.11. The number of fused-ring (bicyclic) bond motifs is 1. The van der Waals surface area contributed by atoms with Gasteiger partial charge in [-0.05, 0) is 43.5 Å². The minimum absolute atomic E-state index is 0.157. The summed E-state index contributed by atoms with van der Waals surface area (Å²) in [6, 6.07) is 13.7. The third-order valence-electron chi connectivity index (χ3n) is 4.30. The molecular formula is C20H24ClNO3. The number of ether oxygens (including phenoxy) is 2. The van der Waals surface area contributed by atoms with E-state index in [4.69, 9.17) is 26.2 Å². The average molecular weight is 362 g/mol. The van der Waals surface area contributed by atoms with Gasteiger partial charge in [0.15, 0.2) is 0 Å². The Labute approximate surface area is 153 Å². The number of hydrogen-bond acceptors (Lipinski definition) is 4. The molecule has 1 atom stereocenters. The van der Waals surface area contributed by atoms with Crippen LogP contribution in [0.25, 0.3) is 0 Å². The van der Waals surface area contributed by atoms with Crippen LogP contribution in [0.15, 0.2) is 42.5 Å². The van der Waals surface area contributed by atoms with E-state index in [1.807, 2.05) is 36.4 Å². The molecule has 0 radical (unpaired) electrons. The number of hydrogen-bond donors (Lipinski definition) is 2. The van der Waals surface area contributed by atoms with Crippen molar-refractivity contribution in [1.82, 2.24) is 5.32 Å². The van der Waals surface area contributed by atoms with E-state index in [9.17, 15) is 0 Å². The first-order chi connectivity index (χ1) is 12.3. The maximum absolute atomic E-state index is 8.82. The molecule has 2 N–H and O–H groups in total. The zero-order valence-corrected chi connectivity index (χ0v) is 15.0. The highest BCUT2D eigenvalue weighted by molar-refractivity contribution is 6.31. The van der Waals surface area contributed by atoms with E-state index in [1.54, 1.807) is 0 Å². The molecule has 0 bridgehead atoms. The summed E-state index contributed by atoms with van der Waals surface area (Å²) in [7, 11) is 0. The number of halogens is 1. The van der Waals surface area contributed by atoms with Gasteiger partial charge in [-0.2, -0.15) is 0 Å². The van der Waals surface area contributed by atoms with Crippen LogP contribution >= 0.6 is 11.6 Å². The Morgan fingerprint density at radius 1 is 1.24 bits per heavy atom. The Morgan fingerprint density at radius 3 is 2.96 bits per heavy atom. The van der Waals surface area contributed by atoms with Crippen LogP contribution in [-0.2, 0) is 13.0 Å². The van der Waals surface area contributed by atoms with Crippen molar-refractivity contribution >= 4 is 11.6 Å². The molecule has 0 saturated carbocycles. The van der Waals surface area contributed by atoms with E-state index in [2.05, 4.69) is 11.4 Å². The van der Waals surface area contributed by atoms with E-state index < -0.39 is 0 Å². The first-order valence-electron chi connectivity index (χ1n) is 8.73. The van der Waals surface area contributed by atoms with E-state index in [1.165, 1.54) is 5.56 Å². The molecule has 0 spiro atoms. The second-order valence-electron chi connectivity index (χ2n) is 6.21. The Hall–Kier alpha value is -1.75. The molecule has 25 heavy (non-hydrogen) atoms. The highest BCUT2D eigenvalue weighted by Gasteiger charge is 2.20. The van der Waals surface area contributed by atoms with Gasteiger partial charge in [-0.15, -0.1) is 0 Å². The zero-order chi connectivity index (χ0) is 17.5. The predicted octanol–water partition coefficient (Wildman–Crippen LogP) is 3.58.